The van der Waals surface area contributed by atoms with E-state index in [2.05, 4.69) is 0 Å². The number of hydrogen-bond donors (Lipinski definition) is 2. The van der Waals surface area contributed by atoms with Gasteiger partial charge in [0.1, 0.15) is 0 Å². The molecule has 0 amide bonds. The first-order chi connectivity index (χ1) is 9.41. The van der Waals surface area contributed by atoms with Gasteiger partial charge in [-0.2, -0.15) is 0 Å². The first-order valence-electron chi connectivity index (χ1n) is 6.33. The topological polar surface area (TPSA) is 74.6 Å². The molecule has 0 saturated carbocycles. The molecule has 1 aromatic carbocycles. The highest BCUT2D eigenvalue weighted by molar-refractivity contribution is 6.03. The van der Waals surface area contributed by atoms with E-state index in [1.54, 1.807) is 19.9 Å². The summed E-state index contributed by atoms with van der Waals surface area (Å²) in [5.74, 6) is -3.28. The summed E-state index contributed by atoms with van der Waals surface area (Å²) >= 11 is 0. The highest BCUT2D eigenvalue weighted by Crippen LogP contribution is 2.43. The molecule has 0 aromatic heterocycles. The number of carbonyl (C=O) groups is 2. The fourth-order valence-corrected chi connectivity index (χ4v) is 2.61. The van der Waals surface area contributed by atoms with Gasteiger partial charge in [0.15, 0.2) is 5.41 Å². The fourth-order valence-electron chi connectivity index (χ4n) is 2.61. The molecule has 0 spiro atoms. The molecular formula is C16H16O4. The normalized spacial score (nSPS) is 20.8. The van der Waals surface area contributed by atoms with Gasteiger partial charge >= 0.3 is 11.9 Å². The van der Waals surface area contributed by atoms with Crippen LogP contribution in [0.3, 0.4) is 0 Å². The summed E-state index contributed by atoms with van der Waals surface area (Å²) in [6, 6.07) is 9.53. The van der Waals surface area contributed by atoms with Gasteiger partial charge in [-0.1, -0.05) is 55.0 Å². The van der Waals surface area contributed by atoms with Crippen LogP contribution in [0.15, 0.2) is 48.1 Å². The Morgan fingerprint density at radius 2 is 1.65 bits per heavy atom. The molecule has 0 radical (unpaired) electrons. The molecular weight excluding hydrogens is 256 g/mol. The van der Waals surface area contributed by atoms with Crippen LogP contribution in [-0.2, 0) is 9.59 Å². The van der Waals surface area contributed by atoms with E-state index in [1.807, 2.05) is 30.3 Å². The number of carboxylic acids is 2. The summed E-state index contributed by atoms with van der Waals surface area (Å²) in [7, 11) is 0. The highest BCUT2D eigenvalue weighted by atomic mass is 16.4. The molecule has 0 saturated heterocycles. The lowest BCUT2D eigenvalue weighted by atomic mass is 9.68. The molecule has 0 heterocycles. The van der Waals surface area contributed by atoms with Crippen LogP contribution in [-0.4, -0.2) is 22.2 Å². The van der Waals surface area contributed by atoms with Crippen LogP contribution in [0.2, 0.25) is 0 Å². The monoisotopic (exact) mass is 272 g/mol. The molecule has 2 N–H and O–H groups in total. The van der Waals surface area contributed by atoms with Gasteiger partial charge in [-0.15, -0.1) is 0 Å². The van der Waals surface area contributed by atoms with Gasteiger partial charge < -0.3 is 10.2 Å². The van der Waals surface area contributed by atoms with Crippen LogP contribution in [0.4, 0.5) is 0 Å². The molecule has 1 unspecified atom stereocenters. The van der Waals surface area contributed by atoms with Crippen molar-refractivity contribution in [3.05, 3.63) is 53.6 Å². The van der Waals surface area contributed by atoms with Crippen LogP contribution in [0, 0.1) is 11.3 Å². The molecule has 2 rings (SSSR count). The van der Waals surface area contributed by atoms with E-state index < -0.39 is 23.3 Å². The minimum absolute atomic E-state index is 0.613. The number of aliphatic carboxylic acids is 2. The van der Waals surface area contributed by atoms with Crippen LogP contribution in [0.5, 0.6) is 0 Å². The van der Waals surface area contributed by atoms with Crippen molar-refractivity contribution in [1.82, 2.24) is 0 Å². The molecule has 1 aromatic rings. The second-order valence-electron chi connectivity index (χ2n) is 5.00. The maximum Gasteiger partial charge on any atom is 0.325 e. The second-order valence-corrected chi connectivity index (χ2v) is 5.00. The molecule has 0 bridgehead atoms. The summed E-state index contributed by atoms with van der Waals surface area (Å²) in [6.07, 6.45) is 2.89. The lowest BCUT2D eigenvalue weighted by Gasteiger charge is -2.33. The zero-order valence-corrected chi connectivity index (χ0v) is 11.3. The van der Waals surface area contributed by atoms with E-state index in [0.717, 1.165) is 16.7 Å². The van der Waals surface area contributed by atoms with Gasteiger partial charge in [-0.3, -0.25) is 9.59 Å². The lowest BCUT2D eigenvalue weighted by molar-refractivity contribution is -0.163. The first-order valence-corrected chi connectivity index (χ1v) is 6.33. The lowest BCUT2D eigenvalue weighted by Crippen LogP contribution is -2.44. The largest absolute Gasteiger partial charge is 0.480 e. The van der Waals surface area contributed by atoms with E-state index in [-0.39, 0.29) is 0 Å². The minimum atomic E-state index is -1.89. The Morgan fingerprint density at radius 1 is 1.10 bits per heavy atom. The maximum absolute atomic E-state index is 11.5. The Bertz CT molecular complexity index is 597. The first kappa shape index (κ1) is 14.1. The quantitative estimate of drug-likeness (QED) is 0.830. The third-order valence-corrected chi connectivity index (χ3v) is 4.06. The van der Waals surface area contributed by atoms with Gasteiger partial charge in [0, 0.05) is 5.92 Å². The number of allylic oxidation sites excluding steroid dienone is 3. The number of rotatable bonds is 3. The predicted molar refractivity (Wildman–Crippen MR) is 75.0 cm³/mol. The molecule has 1 aliphatic rings. The summed E-state index contributed by atoms with van der Waals surface area (Å²) < 4.78 is 0. The van der Waals surface area contributed by atoms with Crippen molar-refractivity contribution in [2.75, 3.05) is 0 Å². The smallest absolute Gasteiger partial charge is 0.325 e. The zero-order valence-electron chi connectivity index (χ0n) is 11.3. The molecule has 4 heteroatoms. The summed E-state index contributed by atoms with van der Waals surface area (Å²) in [5, 5.41) is 18.7. The maximum atomic E-state index is 11.5. The SMILES string of the molecule is CC1=C(c2ccccc2)C=CC(C(=O)O)(C(=O)O)C1C. The molecule has 1 aliphatic carbocycles. The van der Waals surface area contributed by atoms with Gasteiger partial charge in [0.25, 0.3) is 0 Å². The molecule has 0 aliphatic heterocycles. The third-order valence-electron chi connectivity index (χ3n) is 4.06. The van der Waals surface area contributed by atoms with Crippen molar-refractivity contribution in [3.63, 3.8) is 0 Å². The summed E-state index contributed by atoms with van der Waals surface area (Å²) in [6.45, 7) is 3.43. The van der Waals surface area contributed by atoms with Gasteiger partial charge in [-0.25, -0.2) is 0 Å². The number of hydrogen-bond acceptors (Lipinski definition) is 2. The average molecular weight is 272 g/mol. The third kappa shape index (κ3) is 1.93. The Labute approximate surface area is 117 Å². The highest BCUT2D eigenvalue weighted by Gasteiger charge is 2.51. The summed E-state index contributed by atoms with van der Waals surface area (Å²) in [4.78, 5) is 22.9. The Hall–Kier alpha value is -2.36. The average Bonchev–Trinajstić information content (AvgIpc) is 2.42. The van der Waals surface area contributed by atoms with Crippen LogP contribution >= 0.6 is 0 Å². The van der Waals surface area contributed by atoms with Crippen molar-refractivity contribution in [2.45, 2.75) is 13.8 Å². The van der Waals surface area contributed by atoms with Crippen molar-refractivity contribution in [1.29, 1.82) is 0 Å². The predicted octanol–water partition coefficient (Wildman–Crippen LogP) is 2.82. The van der Waals surface area contributed by atoms with E-state index in [4.69, 9.17) is 0 Å². The van der Waals surface area contributed by atoms with Crippen molar-refractivity contribution < 1.29 is 19.8 Å². The van der Waals surface area contributed by atoms with Gasteiger partial charge in [-0.05, 0) is 18.1 Å². The zero-order chi connectivity index (χ0) is 14.9. The number of carboxylic acid groups (broad SMARTS) is 2. The minimum Gasteiger partial charge on any atom is -0.480 e. The Balaban J connectivity index is 2.55. The van der Waals surface area contributed by atoms with Crippen molar-refractivity contribution in [3.8, 4) is 0 Å². The molecule has 4 nitrogen and oxygen atoms in total. The van der Waals surface area contributed by atoms with Crippen LogP contribution in [0.25, 0.3) is 5.57 Å². The van der Waals surface area contributed by atoms with Gasteiger partial charge in [0.05, 0.1) is 0 Å². The van der Waals surface area contributed by atoms with E-state index in [0.29, 0.717) is 0 Å². The molecule has 0 fully saturated rings. The van der Waals surface area contributed by atoms with E-state index in [9.17, 15) is 19.8 Å². The standard InChI is InChI=1S/C16H16O4/c1-10-11(2)16(14(17)18,15(19)20)9-8-13(10)12-6-4-3-5-7-12/h3-9,11H,1-2H3,(H,17,18)(H,19,20). The molecule has 20 heavy (non-hydrogen) atoms. The van der Waals surface area contributed by atoms with Crippen molar-refractivity contribution >= 4 is 17.5 Å². The van der Waals surface area contributed by atoms with Crippen LogP contribution < -0.4 is 0 Å². The van der Waals surface area contributed by atoms with Crippen molar-refractivity contribution in [2.24, 2.45) is 11.3 Å². The number of benzene rings is 1. The van der Waals surface area contributed by atoms with E-state index >= 15 is 0 Å². The van der Waals surface area contributed by atoms with Crippen LogP contribution in [0.1, 0.15) is 19.4 Å². The van der Waals surface area contributed by atoms with Gasteiger partial charge in [0.2, 0.25) is 0 Å². The Morgan fingerprint density at radius 3 is 2.15 bits per heavy atom. The molecule has 1 atom stereocenters. The Kier molecular flexibility index (Phi) is 3.49. The fraction of sp³-hybridized carbons (Fsp3) is 0.250. The van der Waals surface area contributed by atoms with E-state index in [1.165, 1.54) is 6.08 Å². The molecule has 104 valence electrons. The second kappa shape index (κ2) is 4.96. The summed E-state index contributed by atoms with van der Waals surface area (Å²) in [5.41, 5.74) is 0.722.